The molecule has 0 fully saturated rings. The molecule has 0 radical (unpaired) electrons. The highest BCUT2D eigenvalue weighted by atomic mass is 32.1. The Morgan fingerprint density at radius 2 is 2.00 bits per heavy atom. The van der Waals surface area contributed by atoms with E-state index in [0.717, 1.165) is 24.8 Å². The summed E-state index contributed by atoms with van der Waals surface area (Å²) in [6, 6.07) is 5.24. The minimum Gasteiger partial charge on any atom is -0.267 e. The fraction of sp³-hybridized carbons (Fsp3) is 0.267. The molecule has 21 heavy (non-hydrogen) atoms. The third-order valence-corrected chi connectivity index (χ3v) is 3.63. The lowest BCUT2D eigenvalue weighted by molar-refractivity contribution is 0.0844. The molecule has 0 aliphatic rings. The van der Waals surface area contributed by atoms with Crippen LogP contribution in [0.25, 0.3) is 0 Å². The summed E-state index contributed by atoms with van der Waals surface area (Å²) >= 11 is 1.42. The Morgan fingerprint density at radius 1 is 1.19 bits per heavy atom. The van der Waals surface area contributed by atoms with Crippen molar-refractivity contribution in [3.05, 3.63) is 52.0 Å². The van der Waals surface area contributed by atoms with E-state index >= 15 is 0 Å². The molecule has 0 atom stereocenters. The van der Waals surface area contributed by atoms with Crippen molar-refractivity contribution < 1.29 is 9.59 Å². The lowest BCUT2D eigenvalue weighted by Gasteiger charge is -2.06. The van der Waals surface area contributed by atoms with Crippen LogP contribution in [0.3, 0.4) is 0 Å². The van der Waals surface area contributed by atoms with Crippen molar-refractivity contribution in [2.24, 2.45) is 0 Å². The highest BCUT2D eigenvalue weighted by Gasteiger charge is 2.10. The highest BCUT2D eigenvalue weighted by molar-refractivity contribution is 7.08. The van der Waals surface area contributed by atoms with E-state index in [-0.39, 0.29) is 11.6 Å². The number of hydrogen-bond acceptors (Lipinski definition) is 4. The van der Waals surface area contributed by atoms with Crippen molar-refractivity contribution in [1.82, 2.24) is 15.8 Å². The number of carbonyl (C=O) groups is 2. The Bertz CT molecular complexity index is 594. The fourth-order valence-corrected chi connectivity index (χ4v) is 2.37. The first-order valence-corrected chi connectivity index (χ1v) is 7.72. The first kappa shape index (κ1) is 15.2. The van der Waals surface area contributed by atoms with Gasteiger partial charge in [-0.1, -0.05) is 19.4 Å². The molecule has 0 aliphatic carbocycles. The first-order valence-electron chi connectivity index (χ1n) is 6.78. The van der Waals surface area contributed by atoms with E-state index in [2.05, 4.69) is 22.8 Å². The Hall–Kier alpha value is -2.21. The maximum atomic E-state index is 11.9. The van der Waals surface area contributed by atoms with Crippen LogP contribution in [-0.4, -0.2) is 16.8 Å². The van der Waals surface area contributed by atoms with Crippen LogP contribution in [0.1, 0.15) is 46.2 Å². The summed E-state index contributed by atoms with van der Waals surface area (Å²) in [5.74, 6) is -0.773. The Kier molecular flexibility index (Phi) is 5.45. The van der Waals surface area contributed by atoms with Gasteiger partial charge in [0.15, 0.2) is 0 Å². The van der Waals surface area contributed by atoms with Crippen LogP contribution in [0, 0.1) is 0 Å². The molecular formula is C15H17N3O2S. The molecule has 2 N–H and O–H groups in total. The van der Waals surface area contributed by atoms with Gasteiger partial charge in [-0.25, -0.2) is 0 Å². The maximum Gasteiger partial charge on any atom is 0.288 e. The highest BCUT2D eigenvalue weighted by Crippen LogP contribution is 2.06. The monoisotopic (exact) mass is 303 g/mol. The molecule has 2 aromatic heterocycles. The smallest absolute Gasteiger partial charge is 0.267 e. The van der Waals surface area contributed by atoms with Gasteiger partial charge in [0.25, 0.3) is 11.8 Å². The molecule has 110 valence electrons. The second-order valence-corrected chi connectivity index (χ2v) is 5.36. The summed E-state index contributed by atoms with van der Waals surface area (Å²) < 4.78 is 0. The zero-order chi connectivity index (χ0) is 15.1. The molecule has 0 spiro atoms. The van der Waals surface area contributed by atoms with E-state index in [1.165, 1.54) is 11.3 Å². The lowest BCUT2D eigenvalue weighted by Crippen LogP contribution is -2.41. The Labute approximate surface area is 127 Å². The van der Waals surface area contributed by atoms with Crippen LogP contribution in [-0.2, 0) is 6.42 Å². The van der Waals surface area contributed by atoms with E-state index < -0.39 is 5.91 Å². The standard InChI is InChI=1S/C15H17N3O2S/c1-2-3-4-11-5-6-13(16-9-11)15(20)18-17-14(19)12-7-8-21-10-12/h5-10H,2-4H2,1H3,(H,17,19)(H,18,20). The second-order valence-electron chi connectivity index (χ2n) is 4.58. The zero-order valence-corrected chi connectivity index (χ0v) is 12.6. The minimum atomic E-state index is -0.430. The number of hydrazine groups is 1. The molecule has 2 rings (SSSR count). The van der Waals surface area contributed by atoms with Gasteiger partial charge in [0.1, 0.15) is 5.69 Å². The third kappa shape index (κ3) is 4.39. The van der Waals surface area contributed by atoms with Crippen molar-refractivity contribution >= 4 is 23.2 Å². The normalized spacial score (nSPS) is 10.1. The number of carbonyl (C=O) groups excluding carboxylic acids is 2. The number of nitrogens with zero attached hydrogens (tertiary/aromatic N) is 1. The van der Waals surface area contributed by atoms with Gasteiger partial charge >= 0.3 is 0 Å². The van der Waals surface area contributed by atoms with E-state index in [1.54, 1.807) is 29.1 Å². The third-order valence-electron chi connectivity index (χ3n) is 2.95. The summed E-state index contributed by atoms with van der Waals surface area (Å²) in [7, 11) is 0. The molecule has 0 aliphatic heterocycles. The number of pyridine rings is 1. The van der Waals surface area contributed by atoms with E-state index in [1.807, 2.05) is 6.07 Å². The summed E-state index contributed by atoms with van der Waals surface area (Å²) in [4.78, 5) is 27.6. The number of amides is 2. The number of rotatable bonds is 5. The molecule has 0 unspecified atom stereocenters. The largest absolute Gasteiger partial charge is 0.288 e. The number of aromatic nitrogens is 1. The average molecular weight is 303 g/mol. The van der Waals surface area contributed by atoms with Crippen LogP contribution in [0.5, 0.6) is 0 Å². The van der Waals surface area contributed by atoms with E-state index in [0.29, 0.717) is 5.56 Å². The Balaban J connectivity index is 1.87. The van der Waals surface area contributed by atoms with Crippen LogP contribution in [0.15, 0.2) is 35.2 Å². The molecule has 0 bridgehead atoms. The van der Waals surface area contributed by atoms with Gasteiger partial charge in [-0.2, -0.15) is 11.3 Å². The predicted octanol–water partition coefficient (Wildman–Crippen LogP) is 2.56. The summed E-state index contributed by atoms with van der Waals surface area (Å²) in [5.41, 5.74) is 6.62. The summed E-state index contributed by atoms with van der Waals surface area (Å²) in [6.07, 6.45) is 4.88. The van der Waals surface area contributed by atoms with Gasteiger partial charge in [0.05, 0.1) is 5.56 Å². The lowest BCUT2D eigenvalue weighted by atomic mass is 10.1. The van der Waals surface area contributed by atoms with Crippen molar-refractivity contribution in [3.8, 4) is 0 Å². The predicted molar refractivity (Wildman–Crippen MR) is 82.1 cm³/mol. The van der Waals surface area contributed by atoms with E-state index in [4.69, 9.17) is 0 Å². The molecule has 2 aromatic rings. The quantitative estimate of drug-likeness (QED) is 0.834. The fourth-order valence-electron chi connectivity index (χ4n) is 1.73. The summed E-state index contributed by atoms with van der Waals surface area (Å²) in [6.45, 7) is 2.13. The SMILES string of the molecule is CCCCc1ccc(C(=O)NNC(=O)c2ccsc2)nc1. The van der Waals surface area contributed by atoms with Crippen molar-refractivity contribution in [2.45, 2.75) is 26.2 Å². The molecule has 2 amide bonds. The molecule has 0 saturated heterocycles. The van der Waals surface area contributed by atoms with Gasteiger partial charge < -0.3 is 0 Å². The maximum absolute atomic E-state index is 11.9. The number of aryl methyl sites for hydroxylation is 1. The average Bonchev–Trinajstić information content (AvgIpc) is 3.05. The minimum absolute atomic E-state index is 0.279. The van der Waals surface area contributed by atoms with Crippen molar-refractivity contribution in [3.63, 3.8) is 0 Å². The molecule has 0 aromatic carbocycles. The van der Waals surface area contributed by atoms with E-state index in [9.17, 15) is 9.59 Å². The molecule has 6 heteroatoms. The van der Waals surface area contributed by atoms with Crippen LogP contribution in [0.2, 0.25) is 0 Å². The van der Waals surface area contributed by atoms with Crippen molar-refractivity contribution in [1.29, 1.82) is 0 Å². The molecule has 5 nitrogen and oxygen atoms in total. The summed E-state index contributed by atoms with van der Waals surface area (Å²) in [5, 5.41) is 3.51. The van der Waals surface area contributed by atoms with Gasteiger partial charge in [0.2, 0.25) is 0 Å². The Morgan fingerprint density at radius 3 is 2.62 bits per heavy atom. The van der Waals surface area contributed by atoms with Crippen LogP contribution in [0.4, 0.5) is 0 Å². The van der Waals surface area contributed by atoms with Gasteiger partial charge in [-0.15, -0.1) is 0 Å². The molecule has 2 heterocycles. The van der Waals surface area contributed by atoms with Crippen LogP contribution < -0.4 is 10.9 Å². The number of nitrogens with one attached hydrogen (secondary N) is 2. The first-order chi connectivity index (χ1) is 10.2. The van der Waals surface area contributed by atoms with Crippen molar-refractivity contribution in [2.75, 3.05) is 0 Å². The number of unbranched alkanes of at least 4 members (excludes halogenated alkanes) is 1. The zero-order valence-electron chi connectivity index (χ0n) is 11.8. The van der Waals surface area contributed by atoms with Gasteiger partial charge in [-0.05, 0) is 35.9 Å². The topological polar surface area (TPSA) is 71.1 Å². The number of hydrogen-bond donors (Lipinski definition) is 2. The molecular weight excluding hydrogens is 286 g/mol. The second kappa shape index (κ2) is 7.54. The van der Waals surface area contributed by atoms with Gasteiger partial charge in [0, 0.05) is 11.6 Å². The van der Waals surface area contributed by atoms with Gasteiger partial charge in [-0.3, -0.25) is 25.4 Å². The molecule has 0 saturated carbocycles. The van der Waals surface area contributed by atoms with Crippen LogP contribution >= 0.6 is 11.3 Å². The number of thiophene rings is 1.